The van der Waals surface area contributed by atoms with Crippen LogP contribution in [0.1, 0.15) is 5.56 Å². The number of aromatic amines is 1. The van der Waals surface area contributed by atoms with E-state index in [2.05, 4.69) is 15.1 Å². The molecule has 0 saturated heterocycles. The number of nitrogens with two attached hydrogens (primary N) is 1. The van der Waals surface area contributed by atoms with Crippen molar-refractivity contribution in [1.29, 1.82) is 0 Å². The van der Waals surface area contributed by atoms with Crippen molar-refractivity contribution in [1.82, 2.24) is 19.7 Å². The fourth-order valence-electron chi connectivity index (χ4n) is 2.05. The molecule has 3 aromatic heterocycles. The van der Waals surface area contributed by atoms with Crippen molar-refractivity contribution in [3.63, 3.8) is 0 Å². The molecule has 3 rings (SSSR count). The van der Waals surface area contributed by atoms with Gasteiger partial charge in [-0.05, 0) is 24.6 Å². The Hall–Kier alpha value is -2.30. The van der Waals surface area contributed by atoms with Gasteiger partial charge in [0.25, 0.3) is 0 Å². The van der Waals surface area contributed by atoms with Crippen LogP contribution in [0.5, 0.6) is 0 Å². The fourth-order valence-corrected chi connectivity index (χ4v) is 2.05. The van der Waals surface area contributed by atoms with Crippen LogP contribution < -0.4 is 5.73 Å². The maximum atomic E-state index is 5.91. The maximum absolute atomic E-state index is 5.91. The molecule has 3 heterocycles. The summed E-state index contributed by atoms with van der Waals surface area (Å²) < 4.78 is 1.80. The number of pyridine rings is 1. The molecule has 0 atom stereocenters. The minimum atomic E-state index is 0.728. The van der Waals surface area contributed by atoms with Gasteiger partial charge in [0.05, 0.1) is 5.69 Å². The van der Waals surface area contributed by atoms with E-state index in [-0.39, 0.29) is 0 Å². The van der Waals surface area contributed by atoms with E-state index in [0.29, 0.717) is 0 Å². The van der Waals surface area contributed by atoms with E-state index in [1.807, 2.05) is 26.2 Å². The number of aryl methyl sites for hydroxylation is 2. The van der Waals surface area contributed by atoms with Crippen LogP contribution in [0.15, 0.2) is 24.5 Å². The standard InChI is InChI=1S/C12H13N5/c1-7-6-17(2)16-11(7)10-5-8-9(13)3-4-14-12(8)15-10/h3-6H,1-2H3,(H3,13,14,15). The number of fused-ring (bicyclic) bond motifs is 1. The second-order valence-electron chi connectivity index (χ2n) is 4.18. The summed E-state index contributed by atoms with van der Waals surface area (Å²) in [6.45, 7) is 2.03. The van der Waals surface area contributed by atoms with Gasteiger partial charge in [0, 0.05) is 30.5 Å². The quantitative estimate of drug-likeness (QED) is 0.666. The van der Waals surface area contributed by atoms with Crippen LogP contribution in [0.3, 0.4) is 0 Å². The smallest absolute Gasteiger partial charge is 0.139 e. The molecule has 3 N–H and O–H groups in total. The predicted molar refractivity (Wildman–Crippen MR) is 67.4 cm³/mol. The van der Waals surface area contributed by atoms with Crippen molar-refractivity contribution >= 4 is 16.7 Å². The summed E-state index contributed by atoms with van der Waals surface area (Å²) in [4.78, 5) is 7.49. The van der Waals surface area contributed by atoms with E-state index in [9.17, 15) is 0 Å². The number of rotatable bonds is 1. The van der Waals surface area contributed by atoms with Gasteiger partial charge in [-0.2, -0.15) is 5.10 Å². The van der Waals surface area contributed by atoms with E-state index in [4.69, 9.17) is 5.73 Å². The Labute approximate surface area is 98.3 Å². The van der Waals surface area contributed by atoms with E-state index in [0.717, 1.165) is 33.7 Å². The first kappa shape index (κ1) is 9.89. The number of hydrogen-bond donors (Lipinski definition) is 2. The Kier molecular flexibility index (Phi) is 1.95. The number of aromatic nitrogens is 4. The Morgan fingerprint density at radius 3 is 2.88 bits per heavy atom. The molecule has 0 spiro atoms. The average molecular weight is 227 g/mol. The molecule has 0 amide bonds. The van der Waals surface area contributed by atoms with Crippen LogP contribution in [-0.2, 0) is 7.05 Å². The first-order valence-corrected chi connectivity index (χ1v) is 5.39. The van der Waals surface area contributed by atoms with E-state index >= 15 is 0 Å². The van der Waals surface area contributed by atoms with Crippen LogP contribution in [0.2, 0.25) is 0 Å². The van der Waals surface area contributed by atoms with Gasteiger partial charge in [0.15, 0.2) is 0 Å². The molecule has 0 aliphatic rings. The van der Waals surface area contributed by atoms with Gasteiger partial charge in [-0.1, -0.05) is 0 Å². The van der Waals surface area contributed by atoms with Gasteiger partial charge in [-0.3, -0.25) is 4.68 Å². The highest BCUT2D eigenvalue weighted by Gasteiger charge is 2.11. The monoisotopic (exact) mass is 227 g/mol. The minimum Gasteiger partial charge on any atom is -0.398 e. The number of anilines is 1. The lowest BCUT2D eigenvalue weighted by atomic mass is 10.2. The average Bonchev–Trinajstić information content (AvgIpc) is 2.82. The largest absolute Gasteiger partial charge is 0.398 e. The minimum absolute atomic E-state index is 0.728. The van der Waals surface area contributed by atoms with E-state index < -0.39 is 0 Å². The summed E-state index contributed by atoms with van der Waals surface area (Å²) in [5.41, 5.74) is 10.4. The molecule has 3 aromatic rings. The summed E-state index contributed by atoms with van der Waals surface area (Å²) in [7, 11) is 1.91. The molecule has 86 valence electrons. The van der Waals surface area contributed by atoms with Gasteiger partial charge < -0.3 is 10.7 Å². The highest BCUT2D eigenvalue weighted by molar-refractivity contribution is 5.92. The summed E-state index contributed by atoms with van der Waals surface area (Å²) >= 11 is 0. The molecular formula is C12H13N5. The molecule has 5 heteroatoms. The van der Waals surface area contributed by atoms with Gasteiger partial charge in [-0.15, -0.1) is 0 Å². The number of nitrogens with one attached hydrogen (secondary N) is 1. The van der Waals surface area contributed by atoms with Gasteiger partial charge in [0.2, 0.25) is 0 Å². The number of nitrogen functional groups attached to an aromatic ring is 1. The molecular weight excluding hydrogens is 214 g/mol. The number of H-pyrrole nitrogens is 1. The van der Waals surface area contributed by atoms with Gasteiger partial charge in [0.1, 0.15) is 11.3 Å². The van der Waals surface area contributed by atoms with Crippen molar-refractivity contribution < 1.29 is 0 Å². The lowest BCUT2D eigenvalue weighted by Gasteiger charge is -1.91. The second-order valence-corrected chi connectivity index (χ2v) is 4.18. The molecule has 0 aromatic carbocycles. The summed E-state index contributed by atoms with van der Waals surface area (Å²) in [6.07, 6.45) is 3.68. The third-order valence-electron chi connectivity index (χ3n) is 2.83. The van der Waals surface area contributed by atoms with Gasteiger partial charge >= 0.3 is 0 Å². The zero-order chi connectivity index (χ0) is 12.0. The second kappa shape index (κ2) is 3.35. The van der Waals surface area contributed by atoms with Crippen molar-refractivity contribution in [2.75, 3.05) is 5.73 Å². The lowest BCUT2D eigenvalue weighted by Crippen LogP contribution is -1.87. The Balaban J connectivity index is 2.25. The topological polar surface area (TPSA) is 72.5 Å². The van der Waals surface area contributed by atoms with Crippen LogP contribution in [0.4, 0.5) is 5.69 Å². The lowest BCUT2D eigenvalue weighted by molar-refractivity contribution is 0.769. The van der Waals surface area contributed by atoms with Crippen LogP contribution in [0, 0.1) is 6.92 Å². The summed E-state index contributed by atoms with van der Waals surface area (Å²) in [6, 6.07) is 3.79. The summed E-state index contributed by atoms with van der Waals surface area (Å²) in [5, 5.41) is 5.36. The van der Waals surface area contributed by atoms with Crippen molar-refractivity contribution in [2.24, 2.45) is 7.05 Å². The molecule has 5 nitrogen and oxygen atoms in total. The Morgan fingerprint density at radius 2 is 2.24 bits per heavy atom. The molecule has 0 bridgehead atoms. The number of hydrogen-bond acceptors (Lipinski definition) is 3. The highest BCUT2D eigenvalue weighted by atomic mass is 15.3. The molecule has 0 aliphatic carbocycles. The van der Waals surface area contributed by atoms with Crippen molar-refractivity contribution in [2.45, 2.75) is 6.92 Å². The molecule has 17 heavy (non-hydrogen) atoms. The first-order valence-electron chi connectivity index (χ1n) is 5.39. The van der Waals surface area contributed by atoms with Crippen LogP contribution >= 0.6 is 0 Å². The fraction of sp³-hybridized carbons (Fsp3) is 0.167. The zero-order valence-corrected chi connectivity index (χ0v) is 9.73. The summed E-state index contributed by atoms with van der Waals surface area (Å²) in [5.74, 6) is 0. The Morgan fingerprint density at radius 1 is 1.41 bits per heavy atom. The van der Waals surface area contributed by atoms with Crippen molar-refractivity contribution in [3.05, 3.63) is 30.1 Å². The molecule has 0 aliphatic heterocycles. The predicted octanol–water partition coefficient (Wildman–Crippen LogP) is 1.85. The van der Waals surface area contributed by atoms with E-state index in [1.54, 1.807) is 16.9 Å². The third kappa shape index (κ3) is 1.47. The van der Waals surface area contributed by atoms with Gasteiger partial charge in [-0.25, -0.2) is 4.98 Å². The molecule has 0 radical (unpaired) electrons. The molecule has 0 saturated carbocycles. The highest BCUT2D eigenvalue weighted by Crippen LogP contribution is 2.26. The van der Waals surface area contributed by atoms with Crippen molar-refractivity contribution in [3.8, 4) is 11.4 Å². The maximum Gasteiger partial charge on any atom is 0.139 e. The first-order chi connectivity index (χ1) is 8.15. The SMILES string of the molecule is Cc1cn(C)nc1-c1cc2c(N)ccnc2[nH]1. The number of nitrogens with zero attached hydrogens (tertiary/aromatic N) is 3. The molecule has 0 unspecified atom stereocenters. The van der Waals surface area contributed by atoms with Crippen LogP contribution in [-0.4, -0.2) is 19.7 Å². The normalized spacial score (nSPS) is 11.2. The third-order valence-corrected chi connectivity index (χ3v) is 2.83. The van der Waals surface area contributed by atoms with E-state index in [1.165, 1.54) is 0 Å². The van der Waals surface area contributed by atoms with Crippen LogP contribution in [0.25, 0.3) is 22.4 Å². The zero-order valence-electron chi connectivity index (χ0n) is 9.73. The molecule has 0 fully saturated rings. The Bertz CT molecular complexity index is 692.